The number of carbonyl (C=O) groups is 1. The SMILES string of the molecule is COc1cc2c(cc1OC)CN(C(=O)c1ccc(CSc3c(C)cccc3C)o1)C(C)C2. The number of amides is 1. The second-order valence-electron chi connectivity index (χ2n) is 8.24. The van der Waals surface area contributed by atoms with Crippen LogP contribution in [0.5, 0.6) is 11.5 Å². The minimum atomic E-state index is -0.0822. The predicted octanol–water partition coefficient (Wildman–Crippen LogP) is 5.79. The first-order valence-electron chi connectivity index (χ1n) is 10.7. The lowest BCUT2D eigenvalue weighted by Gasteiger charge is -2.34. The molecular weight excluding hydrogens is 422 g/mol. The van der Waals surface area contributed by atoms with Gasteiger partial charge in [-0.25, -0.2) is 0 Å². The molecule has 32 heavy (non-hydrogen) atoms. The summed E-state index contributed by atoms with van der Waals surface area (Å²) in [4.78, 5) is 16.4. The lowest BCUT2D eigenvalue weighted by Crippen LogP contribution is -2.42. The van der Waals surface area contributed by atoms with Gasteiger partial charge in [0.2, 0.25) is 0 Å². The van der Waals surface area contributed by atoms with Gasteiger partial charge in [-0.1, -0.05) is 18.2 Å². The second-order valence-corrected chi connectivity index (χ2v) is 9.22. The average Bonchev–Trinajstić information content (AvgIpc) is 3.26. The van der Waals surface area contributed by atoms with Crippen molar-refractivity contribution in [2.24, 2.45) is 0 Å². The Morgan fingerprint density at radius 3 is 2.38 bits per heavy atom. The number of hydrogen-bond donors (Lipinski definition) is 0. The highest BCUT2D eigenvalue weighted by atomic mass is 32.2. The Morgan fingerprint density at radius 1 is 1.06 bits per heavy atom. The molecule has 168 valence electrons. The Morgan fingerprint density at radius 2 is 1.72 bits per heavy atom. The molecule has 0 aliphatic carbocycles. The number of nitrogens with zero attached hydrogens (tertiary/aromatic N) is 1. The zero-order valence-electron chi connectivity index (χ0n) is 19.2. The Hall–Kier alpha value is -2.86. The van der Waals surface area contributed by atoms with E-state index in [2.05, 4.69) is 39.0 Å². The van der Waals surface area contributed by atoms with Crippen LogP contribution in [0, 0.1) is 13.8 Å². The highest BCUT2D eigenvalue weighted by molar-refractivity contribution is 7.98. The maximum absolute atomic E-state index is 13.3. The van der Waals surface area contributed by atoms with Gasteiger partial charge in [-0.15, -0.1) is 11.8 Å². The van der Waals surface area contributed by atoms with Crippen molar-refractivity contribution in [3.05, 3.63) is 76.2 Å². The largest absolute Gasteiger partial charge is 0.493 e. The molecular formula is C26H29NO4S. The average molecular weight is 452 g/mol. The first kappa shape index (κ1) is 22.3. The Labute approximate surface area is 193 Å². The van der Waals surface area contributed by atoms with Gasteiger partial charge < -0.3 is 18.8 Å². The van der Waals surface area contributed by atoms with Crippen molar-refractivity contribution in [3.8, 4) is 11.5 Å². The standard InChI is InChI=1S/C26H29NO4S/c1-16-7-6-8-17(2)25(16)32-15-21-9-10-22(31-21)26(28)27-14-20-13-24(30-5)23(29-4)12-19(20)11-18(27)3/h6-10,12-13,18H,11,14-15H2,1-5H3. The lowest BCUT2D eigenvalue weighted by molar-refractivity contribution is 0.0623. The first-order valence-corrected chi connectivity index (χ1v) is 11.7. The van der Waals surface area contributed by atoms with Crippen LogP contribution in [0.15, 0.2) is 51.8 Å². The van der Waals surface area contributed by atoms with Gasteiger partial charge in [0.15, 0.2) is 17.3 Å². The fourth-order valence-corrected chi connectivity index (χ4v) is 5.26. The molecule has 5 nitrogen and oxygen atoms in total. The van der Waals surface area contributed by atoms with Gasteiger partial charge in [-0.3, -0.25) is 4.79 Å². The smallest absolute Gasteiger partial charge is 0.290 e. The van der Waals surface area contributed by atoms with E-state index < -0.39 is 0 Å². The van der Waals surface area contributed by atoms with Gasteiger partial charge in [0, 0.05) is 17.5 Å². The lowest BCUT2D eigenvalue weighted by atomic mass is 9.94. The molecule has 1 unspecified atom stereocenters. The van der Waals surface area contributed by atoms with Gasteiger partial charge >= 0.3 is 0 Å². The van der Waals surface area contributed by atoms with E-state index >= 15 is 0 Å². The van der Waals surface area contributed by atoms with Gasteiger partial charge in [-0.2, -0.15) is 0 Å². The van der Waals surface area contributed by atoms with Crippen molar-refractivity contribution in [2.75, 3.05) is 14.2 Å². The van der Waals surface area contributed by atoms with Crippen LogP contribution in [0.4, 0.5) is 0 Å². The summed E-state index contributed by atoms with van der Waals surface area (Å²) in [6, 6.07) is 14.0. The fraction of sp³-hybridized carbons (Fsp3) is 0.346. The molecule has 0 saturated heterocycles. The quantitative estimate of drug-likeness (QED) is 0.444. The topological polar surface area (TPSA) is 51.9 Å². The molecule has 2 aromatic carbocycles. The summed E-state index contributed by atoms with van der Waals surface area (Å²) in [6.45, 7) is 6.82. The van der Waals surface area contributed by atoms with Crippen LogP contribution in [0.25, 0.3) is 0 Å². The molecule has 1 atom stereocenters. The fourth-order valence-electron chi connectivity index (χ4n) is 4.22. The number of methoxy groups -OCH3 is 2. The van der Waals surface area contributed by atoms with Crippen LogP contribution in [0.3, 0.4) is 0 Å². The molecule has 0 fully saturated rings. The summed E-state index contributed by atoms with van der Waals surface area (Å²) in [6.07, 6.45) is 0.761. The van der Waals surface area contributed by atoms with Gasteiger partial charge in [0.05, 0.1) is 20.0 Å². The summed E-state index contributed by atoms with van der Waals surface area (Å²) < 4.78 is 16.8. The molecule has 1 amide bonds. The third-order valence-corrected chi connectivity index (χ3v) is 7.36. The van der Waals surface area contributed by atoms with E-state index in [1.165, 1.54) is 21.6 Å². The number of rotatable bonds is 6. The Bertz CT molecular complexity index is 1120. The molecule has 0 saturated carbocycles. The summed E-state index contributed by atoms with van der Waals surface area (Å²) >= 11 is 1.74. The third kappa shape index (κ3) is 4.37. The van der Waals surface area contributed by atoms with Crippen LogP contribution in [-0.2, 0) is 18.7 Å². The highest BCUT2D eigenvalue weighted by Gasteiger charge is 2.30. The van der Waals surface area contributed by atoms with E-state index in [1.54, 1.807) is 32.0 Å². The van der Waals surface area contributed by atoms with Crippen LogP contribution >= 0.6 is 11.8 Å². The molecule has 6 heteroatoms. The van der Waals surface area contributed by atoms with Crippen molar-refractivity contribution >= 4 is 17.7 Å². The number of ether oxygens (including phenoxy) is 2. The minimum Gasteiger partial charge on any atom is -0.493 e. The van der Waals surface area contributed by atoms with Gasteiger partial charge in [0.25, 0.3) is 5.91 Å². The third-order valence-electron chi connectivity index (χ3n) is 5.99. The number of carbonyl (C=O) groups excluding carboxylic acids is 1. The van der Waals surface area contributed by atoms with Crippen LogP contribution in [0.1, 0.15) is 45.5 Å². The molecule has 0 spiro atoms. The Balaban J connectivity index is 1.49. The maximum atomic E-state index is 13.3. The molecule has 0 radical (unpaired) electrons. The van der Waals surface area contributed by atoms with Crippen LogP contribution in [0.2, 0.25) is 0 Å². The van der Waals surface area contributed by atoms with Crippen LogP contribution < -0.4 is 9.47 Å². The monoisotopic (exact) mass is 451 g/mol. The predicted molar refractivity (Wildman–Crippen MR) is 127 cm³/mol. The maximum Gasteiger partial charge on any atom is 0.290 e. The number of fused-ring (bicyclic) bond motifs is 1. The summed E-state index contributed by atoms with van der Waals surface area (Å²) in [5.74, 6) is 3.19. The Kier molecular flexibility index (Phi) is 6.51. The van der Waals surface area contributed by atoms with E-state index in [1.807, 2.05) is 23.1 Å². The number of furan rings is 1. The van der Waals surface area contributed by atoms with Crippen molar-refractivity contribution < 1.29 is 18.7 Å². The van der Waals surface area contributed by atoms with E-state index in [0.717, 1.165) is 23.5 Å². The normalized spacial score (nSPS) is 15.4. The summed E-state index contributed by atoms with van der Waals surface area (Å²) in [5.41, 5.74) is 4.77. The number of benzene rings is 2. The van der Waals surface area contributed by atoms with Crippen molar-refractivity contribution in [1.29, 1.82) is 0 Å². The van der Waals surface area contributed by atoms with Crippen molar-refractivity contribution in [2.45, 2.75) is 50.4 Å². The number of thioether (sulfide) groups is 1. The molecule has 4 rings (SSSR count). The molecule has 0 N–H and O–H groups in total. The van der Waals surface area contributed by atoms with Gasteiger partial charge in [-0.05, 0) is 73.7 Å². The second kappa shape index (κ2) is 9.33. The van der Waals surface area contributed by atoms with Crippen molar-refractivity contribution in [3.63, 3.8) is 0 Å². The first-order chi connectivity index (χ1) is 15.4. The summed E-state index contributed by atoms with van der Waals surface area (Å²) in [7, 11) is 3.26. The molecule has 1 aromatic heterocycles. The zero-order chi connectivity index (χ0) is 22.8. The van der Waals surface area contributed by atoms with Crippen molar-refractivity contribution in [1.82, 2.24) is 4.90 Å². The van der Waals surface area contributed by atoms with E-state index in [0.29, 0.717) is 23.8 Å². The number of hydrogen-bond acceptors (Lipinski definition) is 5. The summed E-state index contributed by atoms with van der Waals surface area (Å²) in [5, 5.41) is 0. The molecule has 2 heterocycles. The van der Waals surface area contributed by atoms with Gasteiger partial charge in [0.1, 0.15) is 5.76 Å². The molecule has 0 bridgehead atoms. The molecule has 3 aromatic rings. The van der Waals surface area contributed by atoms with E-state index in [-0.39, 0.29) is 11.9 Å². The number of aryl methyl sites for hydroxylation is 2. The van der Waals surface area contributed by atoms with Crippen LogP contribution in [-0.4, -0.2) is 31.1 Å². The highest BCUT2D eigenvalue weighted by Crippen LogP contribution is 2.35. The van der Waals surface area contributed by atoms with E-state index in [9.17, 15) is 4.79 Å². The molecule has 1 aliphatic rings. The van der Waals surface area contributed by atoms with E-state index in [4.69, 9.17) is 13.9 Å². The zero-order valence-corrected chi connectivity index (χ0v) is 20.0. The molecule has 1 aliphatic heterocycles. The minimum absolute atomic E-state index is 0.0608.